The van der Waals surface area contributed by atoms with Crippen LogP contribution >= 0.6 is 0 Å². The summed E-state index contributed by atoms with van der Waals surface area (Å²) >= 11 is 0. The molecule has 0 bridgehead atoms. The third kappa shape index (κ3) is 3.67. The molecule has 116 valence electrons. The lowest BCUT2D eigenvalue weighted by Crippen LogP contribution is -2.54. The second kappa shape index (κ2) is 6.50. The molecule has 0 saturated heterocycles. The molecule has 0 aliphatic carbocycles. The van der Waals surface area contributed by atoms with Crippen LogP contribution in [0.1, 0.15) is 6.92 Å². The number of fused-ring (bicyclic) bond motifs is 1. The summed E-state index contributed by atoms with van der Waals surface area (Å²) in [4.78, 5) is 32.5. The fourth-order valence-corrected chi connectivity index (χ4v) is 1.82. The number of nitrogens with two attached hydrogens (primary N) is 2. The standard InChI is InChI=1S/C11H18N6O4/c1-6(12)10(19)21-3-2-20-5-17-4-14-7-8(17)15-11(13)16-9(7)18/h4,6-8H,2-3,5,12H2,1H3,(H3,13,15,16,18)/t6-,7?,8?/m0/s1. The molecule has 1 amide bonds. The normalized spacial score (nSPS) is 25.1. The molecule has 2 unspecified atom stereocenters. The van der Waals surface area contributed by atoms with E-state index in [1.165, 1.54) is 6.34 Å². The van der Waals surface area contributed by atoms with E-state index in [4.69, 9.17) is 20.9 Å². The second-order valence-corrected chi connectivity index (χ2v) is 4.63. The van der Waals surface area contributed by atoms with Gasteiger partial charge in [0.1, 0.15) is 19.4 Å². The topological polar surface area (TPSA) is 145 Å². The maximum absolute atomic E-state index is 11.6. The number of nitrogens with one attached hydrogen (secondary N) is 1. The minimum Gasteiger partial charge on any atom is -0.462 e. The predicted molar refractivity (Wildman–Crippen MR) is 73.1 cm³/mol. The molecule has 0 aromatic heterocycles. The molecule has 3 atom stereocenters. The number of nitrogens with zero attached hydrogens (tertiary/aromatic N) is 3. The van der Waals surface area contributed by atoms with Crippen LogP contribution < -0.4 is 16.8 Å². The summed E-state index contributed by atoms with van der Waals surface area (Å²) in [6.45, 7) is 2.00. The molecule has 5 N–H and O–H groups in total. The third-order valence-electron chi connectivity index (χ3n) is 2.87. The van der Waals surface area contributed by atoms with Gasteiger partial charge in [-0.15, -0.1) is 0 Å². The molecule has 2 aliphatic heterocycles. The van der Waals surface area contributed by atoms with Crippen LogP contribution in [0.2, 0.25) is 0 Å². The number of carbonyl (C=O) groups excluding carboxylic acids is 2. The van der Waals surface area contributed by atoms with Gasteiger partial charge in [0.25, 0.3) is 5.91 Å². The monoisotopic (exact) mass is 298 g/mol. The molecule has 2 heterocycles. The SMILES string of the molecule is C[C@H](N)C(=O)OCCOCN1C=NC2C(=O)NC(N)=NC21. The van der Waals surface area contributed by atoms with Crippen LogP contribution in [0.25, 0.3) is 0 Å². The van der Waals surface area contributed by atoms with E-state index >= 15 is 0 Å². The van der Waals surface area contributed by atoms with E-state index in [-0.39, 0.29) is 31.8 Å². The number of hydrogen-bond acceptors (Lipinski definition) is 9. The summed E-state index contributed by atoms with van der Waals surface area (Å²) in [7, 11) is 0. The highest BCUT2D eigenvalue weighted by Crippen LogP contribution is 2.17. The van der Waals surface area contributed by atoms with Gasteiger partial charge in [0, 0.05) is 0 Å². The Kier molecular flexibility index (Phi) is 4.70. The zero-order chi connectivity index (χ0) is 15.4. The van der Waals surface area contributed by atoms with Crippen LogP contribution in [0.4, 0.5) is 0 Å². The van der Waals surface area contributed by atoms with Crippen molar-refractivity contribution in [2.45, 2.75) is 25.2 Å². The van der Waals surface area contributed by atoms with Crippen molar-refractivity contribution in [3.63, 3.8) is 0 Å². The van der Waals surface area contributed by atoms with Crippen LogP contribution in [-0.2, 0) is 19.1 Å². The van der Waals surface area contributed by atoms with Crippen molar-refractivity contribution in [2.75, 3.05) is 19.9 Å². The first-order valence-corrected chi connectivity index (χ1v) is 6.42. The number of hydrogen-bond donors (Lipinski definition) is 3. The van der Waals surface area contributed by atoms with E-state index in [9.17, 15) is 9.59 Å². The molecule has 10 heteroatoms. The Balaban J connectivity index is 1.72. The largest absolute Gasteiger partial charge is 0.462 e. The van der Waals surface area contributed by atoms with Crippen molar-refractivity contribution in [3.8, 4) is 0 Å². The summed E-state index contributed by atoms with van der Waals surface area (Å²) in [5, 5.41) is 2.41. The number of amides is 1. The highest BCUT2D eigenvalue weighted by molar-refractivity contribution is 6.02. The quantitative estimate of drug-likeness (QED) is 0.358. The zero-order valence-electron chi connectivity index (χ0n) is 11.6. The minimum absolute atomic E-state index is 0.0580. The molecule has 0 spiro atoms. The number of guanidine groups is 1. The van der Waals surface area contributed by atoms with Crippen molar-refractivity contribution in [1.82, 2.24) is 10.2 Å². The van der Waals surface area contributed by atoms with Gasteiger partial charge in [-0.05, 0) is 6.92 Å². The van der Waals surface area contributed by atoms with E-state index in [2.05, 4.69) is 15.3 Å². The summed E-state index contributed by atoms with van der Waals surface area (Å²) in [6.07, 6.45) is 0.996. The first-order valence-electron chi connectivity index (χ1n) is 6.42. The van der Waals surface area contributed by atoms with Crippen molar-refractivity contribution >= 4 is 24.2 Å². The van der Waals surface area contributed by atoms with Crippen LogP contribution in [0.5, 0.6) is 0 Å². The van der Waals surface area contributed by atoms with Gasteiger partial charge in [0.15, 0.2) is 18.2 Å². The summed E-state index contributed by atoms with van der Waals surface area (Å²) in [5.41, 5.74) is 10.9. The Morgan fingerprint density at radius 1 is 1.57 bits per heavy atom. The lowest BCUT2D eigenvalue weighted by atomic mass is 10.2. The van der Waals surface area contributed by atoms with E-state index in [1.54, 1.807) is 11.8 Å². The molecule has 21 heavy (non-hydrogen) atoms. The van der Waals surface area contributed by atoms with Gasteiger partial charge in [-0.25, -0.2) is 4.99 Å². The molecule has 2 aliphatic rings. The molecular weight excluding hydrogens is 280 g/mol. The number of aliphatic imine (C=N–C) groups is 2. The molecular formula is C11H18N6O4. The average molecular weight is 298 g/mol. The fourth-order valence-electron chi connectivity index (χ4n) is 1.82. The predicted octanol–water partition coefficient (Wildman–Crippen LogP) is -2.67. The van der Waals surface area contributed by atoms with E-state index < -0.39 is 24.2 Å². The molecule has 0 aromatic carbocycles. The van der Waals surface area contributed by atoms with E-state index in [0.29, 0.717) is 0 Å². The maximum Gasteiger partial charge on any atom is 0.322 e. The average Bonchev–Trinajstić information content (AvgIpc) is 2.81. The Morgan fingerprint density at radius 3 is 3.05 bits per heavy atom. The maximum atomic E-state index is 11.6. The first-order chi connectivity index (χ1) is 9.99. The van der Waals surface area contributed by atoms with Crippen molar-refractivity contribution in [1.29, 1.82) is 0 Å². The van der Waals surface area contributed by atoms with Gasteiger partial charge in [0.05, 0.1) is 12.9 Å². The van der Waals surface area contributed by atoms with Crippen LogP contribution in [0.3, 0.4) is 0 Å². The molecule has 0 radical (unpaired) electrons. The van der Waals surface area contributed by atoms with Gasteiger partial charge in [-0.3, -0.25) is 19.9 Å². The molecule has 0 fully saturated rings. The van der Waals surface area contributed by atoms with Crippen LogP contribution in [-0.4, -0.2) is 67.3 Å². The molecule has 2 rings (SSSR count). The van der Waals surface area contributed by atoms with Crippen molar-refractivity contribution in [3.05, 3.63) is 0 Å². The van der Waals surface area contributed by atoms with Crippen LogP contribution in [0.15, 0.2) is 9.98 Å². The van der Waals surface area contributed by atoms with Crippen molar-refractivity contribution in [2.24, 2.45) is 21.5 Å². The molecule has 0 saturated carbocycles. The van der Waals surface area contributed by atoms with Gasteiger partial charge < -0.3 is 25.8 Å². The number of carbonyl (C=O) groups is 2. The van der Waals surface area contributed by atoms with Gasteiger partial charge in [0.2, 0.25) is 0 Å². The number of esters is 1. The lowest BCUT2D eigenvalue weighted by Gasteiger charge is -2.27. The lowest BCUT2D eigenvalue weighted by molar-refractivity contribution is -0.146. The van der Waals surface area contributed by atoms with E-state index in [0.717, 1.165) is 0 Å². The molecule has 10 nitrogen and oxygen atoms in total. The Labute approximate surface area is 121 Å². The highest BCUT2D eigenvalue weighted by Gasteiger charge is 2.39. The fraction of sp³-hybridized carbons (Fsp3) is 0.636. The Hall–Kier alpha value is -2.20. The summed E-state index contributed by atoms with van der Waals surface area (Å²) in [5.74, 6) is -0.720. The number of rotatable bonds is 6. The molecule has 0 aromatic rings. The minimum atomic E-state index is -0.658. The van der Waals surface area contributed by atoms with Crippen molar-refractivity contribution < 1.29 is 19.1 Å². The smallest absolute Gasteiger partial charge is 0.322 e. The van der Waals surface area contributed by atoms with Gasteiger partial charge in [-0.1, -0.05) is 0 Å². The van der Waals surface area contributed by atoms with E-state index in [1.807, 2.05) is 0 Å². The van der Waals surface area contributed by atoms with Gasteiger partial charge in [-0.2, -0.15) is 0 Å². The third-order valence-corrected chi connectivity index (χ3v) is 2.87. The van der Waals surface area contributed by atoms with Gasteiger partial charge >= 0.3 is 5.97 Å². The Morgan fingerprint density at radius 2 is 2.33 bits per heavy atom. The van der Waals surface area contributed by atoms with Crippen LogP contribution in [0, 0.1) is 0 Å². The second-order valence-electron chi connectivity index (χ2n) is 4.63. The number of ether oxygens (including phenoxy) is 2. The summed E-state index contributed by atoms with van der Waals surface area (Å²) in [6, 6.07) is -1.27. The first kappa shape index (κ1) is 15.2. The summed E-state index contributed by atoms with van der Waals surface area (Å²) < 4.78 is 10.2. The highest BCUT2D eigenvalue weighted by atomic mass is 16.6. The zero-order valence-corrected chi connectivity index (χ0v) is 11.6. The Bertz CT molecular complexity index is 477.